The Morgan fingerprint density at radius 3 is 3.00 bits per heavy atom. The van der Waals surface area contributed by atoms with E-state index in [4.69, 9.17) is 0 Å². The predicted molar refractivity (Wildman–Crippen MR) is 90.0 cm³/mol. The highest BCUT2D eigenvalue weighted by atomic mass is 32.2. The molecule has 1 aromatic heterocycles. The van der Waals surface area contributed by atoms with Gasteiger partial charge in [-0.1, -0.05) is 6.07 Å². The second-order valence-corrected chi connectivity index (χ2v) is 6.80. The maximum absolute atomic E-state index is 12.1. The van der Waals surface area contributed by atoms with E-state index in [0.717, 1.165) is 49.2 Å². The van der Waals surface area contributed by atoms with Crippen LogP contribution in [0.25, 0.3) is 0 Å². The summed E-state index contributed by atoms with van der Waals surface area (Å²) in [6.07, 6.45) is 1.83. The average molecular weight is 321 g/mol. The highest BCUT2D eigenvalue weighted by molar-refractivity contribution is 7.99. The molecule has 1 atom stereocenters. The molecule has 0 radical (unpaired) electrons. The minimum atomic E-state index is -0.0613. The van der Waals surface area contributed by atoms with Crippen molar-refractivity contribution in [1.29, 1.82) is 0 Å². The third-order valence-corrected chi connectivity index (χ3v) is 5.10. The Kier molecular flexibility index (Phi) is 5.17. The number of anilines is 1. The SMILES string of the molecule is CN1CCN(c2ncccc2CNC(=O)C2CSCN2)CC1. The summed E-state index contributed by atoms with van der Waals surface area (Å²) in [7, 11) is 2.14. The first-order chi connectivity index (χ1) is 10.7. The maximum atomic E-state index is 12.1. The number of likely N-dealkylation sites (N-methyl/N-ethyl adjacent to an activating group) is 1. The second kappa shape index (κ2) is 7.30. The molecular formula is C15H23N5OS. The third kappa shape index (κ3) is 3.71. The molecule has 1 amide bonds. The normalized spacial score (nSPS) is 22.8. The molecule has 2 saturated heterocycles. The fourth-order valence-electron chi connectivity index (χ4n) is 2.74. The molecule has 2 fully saturated rings. The maximum Gasteiger partial charge on any atom is 0.238 e. The Hall–Kier alpha value is -1.31. The smallest absolute Gasteiger partial charge is 0.238 e. The number of pyridine rings is 1. The Morgan fingerprint density at radius 2 is 2.27 bits per heavy atom. The van der Waals surface area contributed by atoms with Crippen LogP contribution in [0.3, 0.4) is 0 Å². The number of nitrogens with zero attached hydrogens (tertiary/aromatic N) is 3. The molecule has 0 aliphatic carbocycles. The van der Waals surface area contributed by atoms with Gasteiger partial charge in [-0.3, -0.25) is 10.1 Å². The highest BCUT2D eigenvalue weighted by Gasteiger charge is 2.23. The van der Waals surface area contributed by atoms with Crippen LogP contribution in [-0.4, -0.2) is 66.7 Å². The quantitative estimate of drug-likeness (QED) is 0.821. The van der Waals surface area contributed by atoms with Gasteiger partial charge in [0.2, 0.25) is 5.91 Å². The molecule has 3 rings (SSSR count). The molecule has 7 heteroatoms. The van der Waals surface area contributed by atoms with Gasteiger partial charge < -0.3 is 15.1 Å². The van der Waals surface area contributed by atoms with E-state index < -0.39 is 0 Å². The minimum absolute atomic E-state index is 0.0613. The number of rotatable bonds is 4. The van der Waals surface area contributed by atoms with Crippen LogP contribution < -0.4 is 15.5 Å². The molecule has 2 aliphatic heterocycles. The molecule has 22 heavy (non-hydrogen) atoms. The summed E-state index contributed by atoms with van der Waals surface area (Å²) in [5.74, 6) is 2.80. The molecule has 1 unspecified atom stereocenters. The van der Waals surface area contributed by atoms with Gasteiger partial charge in [0, 0.05) is 56.1 Å². The van der Waals surface area contributed by atoms with Crippen molar-refractivity contribution < 1.29 is 4.79 Å². The molecule has 120 valence electrons. The van der Waals surface area contributed by atoms with E-state index in [2.05, 4.69) is 38.5 Å². The number of hydrogen-bond acceptors (Lipinski definition) is 6. The van der Waals surface area contributed by atoms with Gasteiger partial charge >= 0.3 is 0 Å². The standard InChI is InChI=1S/C15H23N5OS/c1-19-5-7-20(8-6-19)14-12(3-2-4-16-14)9-17-15(21)13-10-22-11-18-13/h2-4,13,18H,5-11H2,1H3,(H,17,21). The van der Waals surface area contributed by atoms with Crippen LogP contribution in [0.4, 0.5) is 5.82 Å². The van der Waals surface area contributed by atoms with Gasteiger partial charge in [0.15, 0.2) is 0 Å². The largest absolute Gasteiger partial charge is 0.354 e. The fourth-order valence-corrected chi connectivity index (χ4v) is 3.68. The Bertz CT molecular complexity index is 512. The summed E-state index contributed by atoms with van der Waals surface area (Å²) in [6.45, 7) is 4.60. The van der Waals surface area contributed by atoms with Crippen molar-refractivity contribution in [3.05, 3.63) is 23.9 Å². The zero-order valence-electron chi connectivity index (χ0n) is 12.9. The van der Waals surface area contributed by atoms with E-state index in [9.17, 15) is 4.79 Å². The molecule has 1 aromatic rings. The molecule has 3 heterocycles. The fraction of sp³-hybridized carbons (Fsp3) is 0.600. The van der Waals surface area contributed by atoms with Crippen LogP contribution in [0.15, 0.2) is 18.3 Å². The molecule has 6 nitrogen and oxygen atoms in total. The molecule has 0 bridgehead atoms. The van der Waals surface area contributed by atoms with Crippen LogP contribution in [-0.2, 0) is 11.3 Å². The van der Waals surface area contributed by atoms with E-state index in [1.165, 1.54) is 0 Å². The van der Waals surface area contributed by atoms with E-state index in [1.54, 1.807) is 11.8 Å². The lowest BCUT2D eigenvalue weighted by atomic mass is 10.2. The lowest BCUT2D eigenvalue weighted by molar-refractivity contribution is -0.122. The van der Waals surface area contributed by atoms with Crippen molar-refractivity contribution >= 4 is 23.5 Å². The number of thioether (sulfide) groups is 1. The summed E-state index contributed by atoms with van der Waals surface area (Å²) in [4.78, 5) is 21.3. The van der Waals surface area contributed by atoms with Crippen molar-refractivity contribution in [2.75, 3.05) is 49.8 Å². The van der Waals surface area contributed by atoms with Crippen LogP contribution >= 0.6 is 11.8 Å². The number of hydrogen-bond donors (Lipinski definition) is 2. The summed E-state index contributed by atoms with van der Waals surface area (Å²) >= 11 is 1.76. The van der Waals surface area contributed by atoms with Gasteiger partial charge in [0.1, 0.15) is 5.82 Å². The van der Waals surface area contributed by atoms with Crippen molar-refractivity contribution in [2.45, 2.75) is 12.6 Å². The van der Waals surface area contributed by atoms with Gasteiger partial charge in [-0.05, 0) is 13.1 Å². The average Bonchev–Trinajstić information content (AvgIpc) is 3.08. The zero-order valence-corrected chi connectivity index (χ0v) is 13.7. The number of amides is 1. The Labute approximate surface area is 135 Å². The lowest BCUT2D eigenvalue weighted by Crippen LogP contribution is -2.45. The van der Waals surface area contributed by atoms with Crippen LogP contribution in [0, 0.1) is 0 Å². The summed E-state index contributed by atoms with van der Waals surface area (Å²) in [5, 5.41) is 6.23. The Morgan fingerprint density at radius 1 is 1.45 bits per heavy atom. The summed E-state index contributed by atoms with van der Waals surface area (Å²) in [5.41, 5.74) is 1.09. The van der Waals surface area contributed by atoms with Gasteiger partial charge in [0.25, 0.3) is 0 Å². The number of carbonyl (C=O) groups is 1. The molecule has 2 aliphatic rings. The second-order valence-electron chi connectivity index (χ2n) is 5.77. The van der Waals surface area contributed by atoms with Crippen molar-refractivity contribution in [3.8, 4) is 0 Å². The van der Waals surface area contributed by atoms with Crippen LogP contribution in [0.5, 0.6) is 0 Å². The Balaban J connectivity index is 1.62. The van der Waals surface area contributed by atoms with Gasteiger partial charge in [0.05, 0.1) is 6.04 Å². The summed E-state index contributed by atoms with van der Waals surface area (Å²) in [6, 6.07) is 3.93. The molecule has 2 N–H and O–H groups in total. The topological polar surface area (TPSA) is 60.5 Å². The lowest BCUT2D eigenvalue weighted by Gasteiger charge is -2.34. The summed E-state index contributed by atoms with van der Waals surface area (Å²) < 4.78 is 0. The number of aromatic nitrogens is 1. The van der Waals surface area contributed by atoms with Crippen LogP contribution in [0.1, 0.15) is 5.56 Å². The first kappa shape index (κ1) is 15.6. The van der Waals surface area contributed by atoms with Crippen molar-refractivity contribution in [3.63, 3.8) is 0 Å². The predicted octanol–water partition coefficient (Wildman–Crippen LogP) is 0.112. The number of carbonyl (C=O) groups excluding carboxylic acids is 1. The zero-order chi connectivity index (χ0) is 15.4. The number of nitrogens with one attached hydrogen (secondary N) is 2. The molecule has 0 spiro atoms. The van der Waals surface area contributed by atoms with E-state index in [0.29, 0.717) is 6.54 Å². The van der Waals surface area contributed by atoms with Gasteiger partial charge in [-0.2, -0.15) is 0 Å². The van der Waals surface area contributed by atoms with Crippen molar-refractivity contribution in [1.82, 2.24) is 20.5 Å². The van der Waals surface area contributed by atoms with E-state index in [1.807, 2.05) is 12.3 Å². The van der Waals surface area contributed by atoms with E-state index in [-0.39, 0.29) is 11.9 Å². The molecule has 0 saturated carbocycles. The van der Waals surface area contributed by atoms with Crippen molar-refractivity contribution in [2.24, 2.45) is 0 Å². The minimum Gasteiger partial charge on any atom is -0.354 e. The third-order valence-electron chi connectivity index (χ3n) is 4.16. The van der Waals surface area contributed by atoms with Gasteiger partial charge in [-0.25, -0.2) is 4.98 Å². The molecule has 0 aromatic carbocycles. The first-order valence-electron chi connectivity index (χ1n) is 7.70. The van der Waals surface area contributed by atoms with Gasteiger partial charge in [-0.15, -0.1) is 11.8 Å². The monoisotopic (exact) mass is 321 g/mol. The molecular weight excluding hydrogens is 298 g/mol. The highest BCUT2D eigenvalue weighted by Crippen LogP contribution is 2.19. The van der Waals surface area contributed by atoms with E-state index >= 15 is 0 Å². The van der Waals surface area contributed by atoms with Crippen LogP contribution in [0.2, 0.25) is 0 Å². The number of piperazine rings is 1. The first-order valence-corrected chi connectivity index (χ1v) is 8.86.